The number of para-hydroxylation sites is 1. The van der Waals surface area contributed by atoms with Crippen LogP contribution in [0.3, 0.4) is 0 Å². The van der Waals surface area contributed by atoms with Crippen LogP contribution >= 0.6 is 0 Å². The molecule has 0 bridgehead atoms. The first-order valence-corrected chi connectivity index (χ1v) is 3.86. The maximum atomic E-state index is 12.2. The summed E-state index contributed by atoms with van der Waals surface area (Å²) in [5.41, 5.74) is 5.84. The molecule has 0 radical (unpaired) electrons. The van der Waals surface area contributed by atoms with E-state index >= 15 is 0 Å². The molecule has 1 aromatic rings. The van der Waals surface area contributed by atoms with Crippen LogP contribution in [-0.4, -0.2) is 11.5 Å². The number of aromatic hydroxyl groups is 1. The molecule has 0 heterocycles. The first kappa shape index (κ1) is 9.92. The normalized spacial score (nSPS) is 13.3. The van der Waals surface area contributed by atoms with E-state index in [-0.39, 0.29) is 11.3 Å². The molecule has 1 aromatic carbocycles. The Labute approximate surface area is 75.0 Å². The minimum absolute atomic E-state index is 0.0926. The van der Waals surface area contributed by atoms with E-state index in [0.29, 0.717) is 5.56 Å². The van der Waals surface area contributed by atoms with E-state index in [9.17, 15) is 13.9 Å². The Morgan fingerprint density at radius 1 is 1.38 bits per heavy atom. The van der Waals surface area contributed by atoms with Gasteiger partial charge in [-0.3, -0.25) is 0 Å². The van der Waals surface area contributed by atoms with Crippen molar-refractivity contribution in [2.24, 2.45) is 5.73 Å². The maximum absolute atomic E-state index is 12.2. The summed E-state index contributed by atoms with van der Waals surface area (Å²) in [4.78, 5) is 0. The van der Waals surface area contributed by atoms with Crippen LogP contribution in [0.5, 0.6) is 5.75 Å². The van der Waals surface area contributed by atoms with E-state index in [4.69, 9.17) is 5.73 Å². The van der Waals surface area contributed by atoms with E-state index in [1.165, 1.54) is 6.07 Å². The highest BCUT2D eigenvalue weighted by atomic mass is 19.3. The smallest absolute Gasteiger partial charge is 0.257 e. The summed E-state index contributed by atoms with van der Waals surface area (Å²) in [5, 5.41) is 9.40. The van der Waals surface area contributed by atoms with Crippen molar-refractivity contribution in [1.82, 2.24) is 0 Å². The molecule has 0 spiro atoms. The molecule has 0 aliphatic heterocycles. The quantitative estimate of drug-likeness (QED) is 0.743. The van der Waals surface area contributed by atoms with Crippen molar-refractivity contribution in [3.8, 4) is 5.75 Å². The van der Waals surface area contributed by atoms with Gasteiger partial charge in [-0.15, -0.1) is 0 Å². The van der Waals surface area contributed by atoms with Crippen molar-refractivity contribution in [3.63, 3.8) is 0 Å². The highest BCUT2D eigenvalue weighted by Crippen LogP contribution is 2.29. The lowest BCUT2D eigenvalue weighted by molar-refractivity contribution is 0.115. The minimum atomic E-state index is -2.66. The third-order valence-electron chi connectivity index (χ3n) is 1.90. The van der Waals surface area contributed by atoms with Crippen LogP contribution in [0.25, 0.3) is 0 Å². The molecular weight excluding hydrogens is 176 g/mol. The molecule has 0 saturated heterocycles. The molecule has 1 rings (SSSR count). The van der Waals surface area contributed by atoms with Crippen molar-refractivity contribution in [1.29, 1.82) is 0 Å². The third-order valence-corrected chi connectivity index (χ3v) is 1.90. The van der Waals surface area contributed by atoms with Gasteiger partial charge in [0.05, 0.1) is 6.04 Å². The number of hydrogen-bond donors (Lipinski definition) is 2. The van der Waals surface area contributed by atoms with Crippen LogP contribution < -0.4 is 5.73 Å². The Morgan fingerprint density at radius 2 is 2.00 bits per heavy atom. The standard InChI is InChI=1S/C9H11F2NO/c1-5-3-2-4-6(8(5)13)7(12)9(10)11/h2-4,7,9,13H,12H2,1H3/t7-/m0/s1. The van der Waals surface area contributed by atoms with Crippen LogP contribution in [0.15, 0.2) is 18.2 Å². The fourth-order valence-electron chi connectivity index (χ4n) is 1.09. The van der Waals surface area contributed by atoms with Crippen molar-refractivity contribution in [2.75, 3.05) is 0 Å². The van der Waals surface area contributed by atoms with Gasteiger partial charge in [0.2, 0.25) is 0 Å². The average molecular weight is 187 g/mol. The fraction of sp³-hybridized carbons (Fsp3) is 0.333. The molecule has 4 heteroatoms. The second-order valence-corrected chi connectivity index (χ2v) is 2.87. The van der Waals surface area contributed by atoms with Gasteiger partial charge in [-0.25, -0.2) is 8.78 Å². The fourth-order valence-corrected chi connectivity index (χ4v) is 1.09. The third kappa shape index (κ3) is 1.95. The van der Waals surface area contributed by atoms with Crippen molar-refractivity contribution in [2.45, 2.75) is 19.4 Å². The largest absolute Gasteiger partial charge is 0.507 e. The molecule has 2 nitrogen and oxygen atoms in total. The summed E-state index contributed by atoms with van der Waals surface area (Å²) in [6, 6.07) is 3.21. The zero-order chi connectivity index (χ0) is 10.0. The Bertz CT molecular complexity index is 302. The summed E-state index contributed by atoms with van der Waals surface area (Å²) < 4.78 is 24.4. The first-order valence-electron chi connectivity index (χ1n) is 3.86. The summed E-state index contributed by atoms with van der Waals surface area (Å²) in [7, 11) is 0. The summed E-state index contributed by atoms with van der Waals surface area (Å²) in [5.74, 6) is -0.143. The average Bonchev–Trinajstić information content (AvgIpc) is 2.08. The molecule has 0 saturated carbocycles. The van der Waals surface area contributed by atoms with Gasteiger partial charge in [0.1, 0.15) is 5.75 Å². The molecule has 0 fully saturated rings. The first-order chi connectivity index (χ1) is 6.04. The van der Waals surface area contributed by atoms with E-state index < -0.39 is 12.5 Å². The molecule has 0 unspecified atom stereocenters. The van der Waals surface area contributed by atoms with Gasteiger partial charge in [-0.2, -0.15) is 0 Å². The van der Waals surface area contributed by atoms with Crippen LogP contribution in [0.4, 0.5) is 8.78 Å². The number of phenols is 1. The molecule has 1 atom stereocenters. The van der Waals surface area contributed by atoms with Crippen molar-refractivity contribution in [3.05, 3.63) is 29.3 Å². The van der Waals surface area contributed by atoms with Gasteiger partial charge in [-0.1, -0.05) is 18.2 Å². The van der Waals surface area contributed by atoms with Crippen LogP contribution in [0.2, 0.25) is 0 Å². The van der Waals surface area contributed by atoms with Crippen LogP contribution in [0.1, 0.15) is 17.2 Å². The Morgan fingerprint density at radius 3 is 2.54 bits per heavy atom. The van der Waals surface area contributed by atoms with Gasteiger partial charge in [0.25, 0.3) is 6.43 Å². The van der Waals surface area contributed by atoms with E-state index in [2.05, 4.69) is 0 Å². The number of phenolic OH excluding ortho intramolecular Hbond substituents is 1. The summed E-state index contributed by atoms with van der Waals surface area (Å²) in [6.45, 7) is 1.64. The predicted octanol–water partition coefficient (Wildman–Crippen LogP) is 1.97. The van der Waals surface area contributed by atoms with Crippen molar-refractivity contribution >= 4 is 0 Å². The lowest BCUT2D eigenvalue weighted by Gasteiger charge is -2.13. The molecule has 3 N–H and O–H groups in total. The van der Waals surface area contributed by atoms with Crippen LogP contribution in [-0.2, 0) is 0 Å². The minimum Gasteiger partial charge on any atom is -0.507 e. The number of hydrogen-bond acceptors (Lipinski definition) is 2. The highest BCUT2D eigenvalue weighted by Gasteiger charge is 2.20. The van der Waals surface area contributed by atoms with Gasteiger partial charge >= 0.3 is 0 Å². The lowest BCUT2D eigenvalue weighted by Crippen LogP contribution is -2.19. The zero-order valence-corrected chi connectivity index (χ0v) is 7.17. The highest BCUT2D eigenvalue weighted by molar-refractivity contribution is 5.41. The zero-order valence-electron chi connectivity index (χ0n) is 7.17. The molecule has 0 amide bonds. The Hall–Kier alpha value is -1.16. The number of alkyl halides is 2. The molecule has 72 valence electrons. The maximum Gasteiger partial charge on any atom is 0.257 e. The number of rotatable bonds is 2. The van der Waals surface area contributed by atoms with Crippen molar-refractivity contribution < 1.29 is 13.9 Å². The number of benzene rings is 1. The number of halogens is 2. The van der Waals surface area contributed by atoms with Gasteiger partial charge in [-0.05, 0) is 12.5 Å². The lowest BCUT2D eigenvalue weighted by atomic mass is 10.0. The molecule has 0 aromatic heterocycles. The van der Waals surface area contributed by atoms with Gasteiger partial charge < -0.3 is 10.8 Å². The number of nitrogens with two attached hydrogens (primary N) is 1. The van der Waals surface area contributed by atoms with E-state index in [0.717, 1.165) is 0 Å². The topological polar surface area (TPSA) is 46.2 Å². The molecule has 0 aliphatic carbocycles. The molecule has 13 heavy (non-hydrogen) atoms. The van der Waals surface area contributed by atoms with Gasteiger partial charge in [0.15, 0.2) is 0 Å². The number of aryl methyl sites for hydroxylation is 1. The molecular formula is C9H11F2NO. The van der Waals surface area contributed by atoms with E-state index in [1.54, 1.807) is 19.1 Å². The Balaban J connectivity index is 3.07. The van der Waals surface area contributed by atoms with E-state index in [1.807, 2.05) is 0 Å². The monoisotopic (exact) mass is 187 g/mol. The van der Waals surface area contributed by atoms with Gasteiger partial charge in [0, 0.05) is 5.56 Å². The molecule has 0 aliphatic rings. The SMILES string of the molecule is Cc1cccc([C@H](N)C(F)F)c1O. The second-order valence-electron chi connectivity index (χ2n) is 2.87. The Kier molecular flexibility index (Phi) is 2.83. The van der Waals surface area contributed by atoms with Crippen LogP contribution in [0, 0.1) is 6.92 Å². The second kappa shape index (κ2) is 3.70. The summed E-state index contributed by atoms with van der Waals surface area (Å²) in [6.07, 6.45) is -2.66. The summed E-state index contributed by atoms with van der Waals surface area (Å²) >= 11 is 0. The predicted molar refractivity (Wildman–Crippen MR) is 45.8 cm³/mol.